The Labute approximate surface area is 97.9 Å². The van der Waals surface area contributed by atoms with E-state index >= 15 is 0 Å². The summed E-state index contributed by atoms with van der Waals surface area (Å²) in [7, 11) is 0. The van der Waals surface area contributed by atoms with Crippen LogP contribution in [0.3, 0.4) is 0 Å². The minimum Gasteiger partial charge on any atom is -0.389 e. The maximum Gasteiger partial charge on any atom is 0.0766 e. The first-order chi connectivity index (χ1) is 7.59. The highest BCUT2D eigenvalue weighted by molar-refractivity contribution is 5.09. The zero-order valence-electron chi connectivity index (χ0n) is 10.5. The van der Waals surface area contributed by atoms with Crippen molar-refractivity contribution in [1.82, 2.24) is 10.3 Å². The van der Waals surface area contributed by atoms with Crippen molar-refractivity contribution in [3.05, 3.63) is 29.6 Å². The Balaban J connectivity index is 2.41. The maximum absolute atomic E-state index is 10.1. The average Bonchev–Trinajstić information content (AvgIpc) is 2.29. The number of nitrogens with one attached hydrogen (secondary N) is 1. The van der Waals surface area contributed by atoms with Gasteiger partial charge in [-0.3, -0.25) is 4.98 Å². The third-order valence-electron chi connectivity index (χ3n) is 3.02. The number of nitrogens with zero attached hydrogens (tertiary/aromatic N) is 1. The van der Waals surface area contributed by atoms with E-state index in [4.69, 9.17) is 0 Å². The zero-order chi connectivity index (χ0) is 12.0. The second-order valence-electron chi connectivity index (χ2n) is 4.31. The van der Waals surface area contributed by atoms with Gasteiger partial charge in [-0.15, -0.1) is 0 Å². The summed E-state index contributed by atoms with van der Waals surface area (Å²) < 4.78 is 0. The molecule has 0 radical (unpaired) electrons. The molecule has 0 bridgehead atoms. The van der Waals surface area contributed by atoms with E-state index in [1.54, 1.807) is 0 Å². The van der Waals surface area contributed by atoms with Crippen LogP contribution < -0.4 is 5.32 Å². The van der Waals surface area contributed by atoms with E-state index in [-0.39, 0.29) is 0 Å². The largest absolute Gasteiger partial charge is 0.389 e. The molecule has 1 rings (SSSR count). The molecule has 0 aliphatic carbocycles. The number of aromatic nitrogens is 1. The van der Waals surface area contributed by atoms with Crippen LogP contribution in [0, 0.1) is 6.92 Å². The van der Waals surface area contributed by atoms with Gasteiger partial charge in [-0.25, -0.2) is 0 Å². The molecule has 0 atom stereocenters. The Morgan fingerprint density at radius 3 is 2.56 bits per heavy atom. The molecule has 0 unspecified atom stereocenters. The zero-order valence-corrected chi connectivity index (χ0v) is 10.5. The predicted octanol–water partition coefficient (Wildman–Crippen LogP) is 2.03. The summed E-state index contributed by atoms with van der Waals surface area (Å²) in [5.74, 6) is 0. The first-order valence-corrected chi connectivity index (χ1v) is 5.95. The number of pyridine rings is 1. The van der Waals surface area contributed by atoms with Gasteiger partial charge in [0.2, 0.25) is 0 Å². The van der Waals surface area contributed by atoms with E-state index in [0.717, 1.165) is 24.2 Å². The standard InChI is InChI=1S/C13H22N2O/c1-4-13(16,5-2)10-14-9-12-8-6-7-11(3)15-12/h6-8,14,16H,4-5,9-10H2,1-3H3. The Morgan fingerprint density at radius 1 is 1.31 bits per heavy atom. The molecule has 1 heterocycles. The van der Waals surface area contributed by atoms with Crippen molar-refractivity contribution in [2.45, 2.75) is 45.8 Å². The van der Waals surface area contributed by atoms with Gasteiger partial charge in [0, 0.05) is 18.8 Å². The van der Waals surface area contributed by atoms with E-state index < -0.39 is 5.60 Å². The topological polar surface area (TPSA) is 45.1 Å². The molecule has 0 fully saturated rings. The van der Waals surface area contributed by atoms with Crippen LogP contribution in [0.1, 0.15) is 38.1 Å². The third-order valence-corrected chi connectivity index (χ3v) is 3.02. The SMILES string of the molecule is CCC(O)(CC)CNCc1cccc(C)n1. The second-order valence-corrected chi connectivity index (χ2v) is 4.31. The van der Waals surface area contributed by atoms with Gasteiger partial charge in [0.15, 0.2) is 0 Å². The van der Waals surface area contributed by atoms with E-state index in [0.29, 0.717) is 13.1 Å². The van der Waals surface area contributed by atoms with Crippen molar-refractivity contribution in [3.63, 3.8) is 0 Å². The average molecular weight is 222 g/mol. The third kappa shape index (κ3) is 3.91. The maximum atomic E-state index is 10.1. The predicted molar refractivity (Wildman–Crippen MR) is 66.2 cm³/mol. The fourth-order valence-electron chi connectivity index (χ4n) is 1.62. The summed E-state index contributed by atoms with van der Waals surface area (Å²) in [6.45, 7) is 7.34. The highest BCUT2D eigenvalue weighted by atomic mass is 16.3. The molecule has 2 N–H and O–H groups in total. The monoisotopic (exact) mass is 222 g/mol. The summed E-state index contributed by atoms with van der Waals surface area (Å²) in [5, 5.41) is 13.3. The van der Waals surface area contributed by atoms with E-state index in [2.05, 4.69) is 10.3 Å². The van der Waals surface area contributed by atoms with Gasteiger partial charge in [-0.1, -0.05) is 19.9 Å². The lowest BCUT2D eigenvalue weighted by Gasteiger charge is -2.25. The molecule has 0 aliphatic rings. The van der Waals surface area contributed by atoms with Gasteiger partial charge in [0.1, 0.15) is 0 Å². The highest BCUT2D eigenvalue weighted by Crippen LogP contribution is 2.12. The van der Waals surface area contributed by atoms with Crippen molar-refractivity contribution in [3.8, 4) is 0 Å². The van der Waals surface area contributed by atoms with Gasteiger partial charge in [0.25, 0.3) is 0 Å². The molecule has 3 nitrogen and oxygen atoms in total. The Kier molecular flexibility index (Phi) is 4.90. The highest BCUT2D eigenvalue weighted by Gasteiger charge is 2.21. The second kappa shape index (κ2) is 5.97. The van der Waals surface area contributed by atoms with Crippen molar-refractivity contribution in [2.75, 3.05) is 6.54 Å². The van der Waals surface area contributed by atoms with Crippen LogP contribution in [0.5, 0.6) is 0 Å². The summed E-state index contributed by atoms with van der Waals surface area (Å²) in [5.41, 5.74) is 1.47. The van der Waals surface area contributed by atoms with Crippen LogP contribution in [0.25, 0.3) is 0 Å². The summed E-state index contributed by atoms with van der Waals surface area (Å²) >= 11 is 0. The minimum absolute atomic E-state index is 0.580. The van der Waals surface area contributed by atoms with Gasteiger partial charge in [-0.2, -0.15) is 0 Å². The quantitative estimate of drug-likeness (QED) is 0.774. The molecule has 90 valence electrons. The van der Waals surface area contributed by atoms with Crippen LogP contribution in [-0.4, -0.2) is 22.2 Å². The summed E-state index contributed by atoms with van der Waals surface area (Å²) in [4.78, 5) is 4.40. The van der Waals surface area contributed by atoms with Crippen LogP contribution in [0.4, 0.5) is 0 Å². The number of hydrogen-bond donors (Lipinski definition) is 2. The Bertz CT molecular complexity index is 321. The van der Waals surface area contributed by atoms with Gasteiger partial charge >= 0.3 is 0 Å². The van der Waals surface area contributed by atoms with Crippen LogP contribution >= 0.6 is 0 Å². The van der Waals surface area contributed by atoms with Crippen molar-refractivity contribution >= 4 is 0 Å². The lowest BCUT2D eigenvalue weighted by atomic mass is 9.98. The van der Waals surface area contributed by atoms with Gasteiger partial charge < -0.3 is 10.4 Å². The first kappa shape index (κ1) is 13.1. The minimum atomic E-state index is -0.580. The molecule has 16 heavy (non-hydrogen) atoms. The molecule has 0 aromatic carbocycles. The molecule has 0 saturated heterocycles. The molecule has 3 heteroatoms. The van der Waals surface area contributed by atoms with Crippen molar-refractivity contribution in [1.29, 1.82) is 0 Å². The number of rotatable bonds is 6. The van der Waals surface area contributed by atoms with Crippen LogP contribution in [0.15, 0.2) is 18.2 Å². The molecule has 0 amide bonds. The summed E-state index contributed by atoms with van der Waals surface area (Å²) in [6, 6.07) is 5.99. The molecule has 1 aromatic rings. The van der Waals surface area contributed by atoms with E-state index in [1.807, 2.05) is 39.0 Å². The number of aryl methyl sites for hydroxylation is 1. The fourth-order valence-corrected chi connectivity index (χ4v) is 1.62. The molecular weight excluding hydrogens is 200 g/mol. The smallest absolute Gasteiger partial charge is 0.0766 e. The number of aliphatic hydroxyl groups is 1. The Morgan fingerprint density at radius 2 is 2.00 bits per heavy atom. The fraction of sp³-hybridized carbons (Fsp3) is 0.615. The number of hydrogen-bond acceptors (Lipinski definition) is 3. The van der Waals surface area contributed by atoms with Crippen molar-refractivity contribution < 1.29 is 5.11 Å². The first-order valence-electron chi connectivity index (χ1n) is 5.95. The summed E-state index contributed by atoms with van der Waals surface area (Å²) in [6.07, 6.45) is 1.55. The van der Waals surface area contributed by atoms with Gasteiger partial charge in [0.05, 0.1) is 11.3 Å². The Hall–Kier alpha value is -0.930. The van der Waals surface area contributed by atoms with Crippen LogP contribution in [-0.2, 0) is 6.54 Å². The van der Waals surface area contributed by atoms with Gasteiger partial charge in [-0.05, 0) is 31.9 Å². The van der Waals surface area contributed by atoms with E-state index in [1.165, 1.54) is 0 Å². The van der Waals surface area contributed by atoms with Crippen LogP contribution in [0.2, 0.25) is 0 Å². The molecular formula is C13H22N2O. The lowest BCUT2D eigenvalue weighted by molar-refractivity contribution is 0.0322. The van der Waals surface area contributed by atoms with E-state index in [9.17, 15) is 5.11 Å². The van der Waals surface area contributed by atoms with Crippen molar-refractivity contribution in [2.24, 2.45) is 0 Å². The normalized spacial score (nSPS) is 11.8. The molecule has 0 aliphatic heterocycles. The molecule has 1 aromatic heterocycles. The lowest BCUT2D eigenvalue weighted by Crippen LogP contribution is -2.39. The molecule has 0 spiro atoms. The molecule has 0 saturated carbocycles.